The first-order valence-electron chi connectivity index (χ1n) is 8.06. The number of benzene rings is 1. The van der Waals surface area contributed by atoms with Crippen LogP contribution >= 0.6 is 11.3 Å². The second-order valence-corrected chi connectivity index (χ2v) is 8.56. The van der Waals surface area contributed by atoms with Crippen molar-refractivity contribution in [2.45, 2.75) is 24.2 Å². The molecule has 3 rings (SSSR count). The molecule has 6 nitrogen and oxygen atoms in total. The van der Waals surface area contributed by atoms with E-state index in [1.165, 1.54) is 17.5 Å². The van der Waals surface area contributed by atoms with Crippen LogP contribution in [0.4, 0.5) is 5.69 Å². The number of rotatable bonds is 5. The van der Waals surface area contributed by atoms with E-state index in [-0.39, 0.29) is 9.77 Å². The number of anilines is 1. The Bertz CT molecular complexity index is 855. The lowest BCUT2D eigenvalue weighted by Gasteiger charge is -2.25. The second kappa shape index (κ2) is 7.55. The summed E-state index contributed by atoms with van der Waals surface area (Å²) in [5, 5.41) is 4.38. The number of sulfonamides is 1. The van der Waals surface area contributed by atoms with E-state index in [1.807, 2.05) is 0 Å². The number of para-hydroxylation sites is 2. The summed E-state index contributed by atoms with van der Waals surface area (Å²) in [6, 6.07) is 8.52. The zero-order chi connectivity index (χ0) is 17.9. The van der Waals surface area contributed by atoms with Crippen molar-refractivity contribution in [1.82, 2.24) is 4.31 Å². The Kier molecular flexibility index (Phi) is 5.41. The Balaban J connectivity index is 1.87. The molecule has 1 aromatic carbocycles. The molecule has 0 bridgehead atoms. The van der Waals surface area contributed by atoms with Crippen molar-refractivity contribution in [3.8, 4) is 5.75 Å². The highest BCUT2D eigenvalue weighted by Gasteiger charge is 2.31. The van der Waals surface area contributed by atoms with Gasteiger partial charge in [-0.2, -0.15) is 4.31 Å². The third kappa shape index (κ3) is 3.70. The number of hydrogen-bond donors (Lipinski definition) is 1. The molecule has 0 aliphatic carbocycles. The van der Waals surface area contributed by atoms with Crippen molar-refractivity contribution in [2.75, 3.05) is 25.5 Å². The molecule has 134 valence electrons. The average molecular weight is 380 g/mol. The smallest absolute Gasteiger partial charge is 0.267 e. The summed E-state index contributed by atoms with van der Waals surface area (Å²) in [5.74, 6) is 0.0722. The largest absolute Gasteiger partial charge is 0.495 e. The Morgan fingerprint density at radius 1 is 1.16 bits per heavy atom. The van der Waals surface area contributed by atoms with Gasteiger partial charge in [0.05, 0.1) is 12.8 Å². The molecule has 25 heavy (non-hydrogen) atoms. The van der Waals surface area contributed by atoms with Gasteiger partial charge in [-0.1, -0.05) is 18.6 Å². The van der Waals surface area contributed by atoms with Crippen molar-refractivity contribution < 1.29 is 17.9 Å². The molecule has 0 unspecified atom stereocenters. The second-order valence-electron chi connectivity index (χ2n) is 5.73. The van der Waals surface area contributed by atoms with Crippen molar-refractivity contribution in [3.05, 3.63) is 40.6 Å². The number of carbonyl (C=O) groups excluding carboxylic acids is 1. The first-order chi connectivity index (χ1) is 12.0. The number of amides is 1. The Labute approximate surface area is 151 Å². The number of carbonyl (C=O) groups is 1. The highest BCUT2D eigenvalue weighted by molar-refractivity contribution is 7.89. The number of thiophene rings is 1. The fourth-order valence-corrected chi connectivity index (χ4v) is 5.65. The van der Waals surface area contributed by atoms with Crippen LogP contribution in [0.2, 0.25) is 0 Å². The lowest BCUT2D eigenvalue weighted by molar-refractivity contribution is 0.102. The highest BCUT2D eigenvalue weighted by Crippen LogP contribution is 2.29. The zero-order valence-electron chi connectivity index (χ0n) is 13.9. The Morgan fingerprint density at radius 2 is 1.88 bits per heavy atom. The van der Waals surface area contributed by atoms with Crippen LogP contribution < -0.4 is 10.1 Å². The van der Waals surface area contributed by atoms with Crippen LogP contribution in [0.25, 0.3) is 0 Å². The molecule has 1 aromatic heterocycles. The van der Waals surface area contributed by atoms with Crippen LogP contribution in [-0.2, 0) is 10.0 Å². The first kappa shape index (κ1) is 17.9. The maximum atomic E-state index is 12.9. The lowest BCUT2D eigenvalue weighted by atomic mass is 10.2. The number of methoxy groups -OCH3 is 1. The highest BCUT2D eigenvalue weighted by atomic mass is 32.2. The molecular formula is C17H20N2O4S2. The molecule has 1 aliphatic rings. The van der Waals surface area contributed by atoms with Gasteiger partial charge in [0, 0.05) is 13.1 Å². The van der Waals surface area contributed by atoms with Gasteiger partial charge in [0.25, 0.3) is 5.91 Å². The summed E-state index contributed by atoms with van der Waals surface area (Å²) >= 11 is 1.12. The minimum Gasteiger partial charge on any atom is -0.495 e. The van der Waals surface area contributed by atoms with Crippen LogP contribution in [0, 0.1) is 0 Å². The van der Waals surface area contributed by atoms with Gasteiger partial charge in [0.1, 0.15) is 15.5 Å². The SMILES string of the molecule is COc1ccccc1NC(=O)c1sccc1S(=O)(=O)N1CCCCC1. The molecule has 1 aliphatic heterocycles. The van der Waals surface area contributed by atoms with E-state index < -0.39 is 15.9 Å². The Morgan fingerprint density at radius 3 is 2.60 bits per heavy atom. The predicted octanol–water partition coefficient (Wildman–Crippen LogP) is 3.18. The quantitative estimate of drug-likeness (QED) is 0.864. The van der Waals surface area contributed by atoms with Crippen LogP contribution in [-0.4, -0.2) is 38.8 Å². The molecule has 1 N–H and O–H groups in total. The topological polar surface area (TPSA) is 75.7 Å². The molecule has 1 saturated heterocycles. The first-order valence-corrected chi connectivity index (χ1v) is 10.4. The monoisotopic (exact) mass is 380 g/mol. The normalized spacial score (nSPS) is 15.7. The van der Waals surface area contributed by atoms with Gasteiger partial charge in [-0.05, 0) is 36.4 Å². The summed E-state index contributed by atoms with van der Waals surface area (Å²) in [4.78, 5) is 12.9. The minimum atomic E-state index is -3.65. The van der Waals surface area contributed by atoms with E-state index in [9.17, 15) is 13.2 Å². The molecule has 0 atom stereocenters. The summed E-state index contributed by atoms with van der Waals surface area (Å²) < 4.78 is 32.4. The maximum absolute atomic E-state index is 12.9. The molecule has 0 radical (unpaired) electrons. The number of nitrogens with zero attached hydrogens (tertiary/aromatic N) is 1. The van der Waals surface area contributed by atoms with Gasteiger partial charge in [-0.3, -0.25) is 4.79 Å². The van der Waals surface area contributed by atoms with Crippen LogP contribution in [0.3, 0.4) is 0 Å². The molecule has 1 amide bonds. The Hall–Kier alpha value is -1.90. The maximum Gasteiger partial charge on any atom is 0.267 e. The number of hydrogen-bond acceptors (Lipinski definition) is 5. The van der Waals surface area contributed by atoms with Crippen LogP contribution in [0.5, 0.6) is 5.75 Å². The van der Waals surface area contributed by atoms with Crippen LogP contribution in [0.1, 0.15) is 28.9 Å². The fraction of sp³-hybridized carbons (Fsp3) is 0.353. The average Bonchev–Trinajstić information content (AvgIpc) is 3.14. The van der Waals surface area contributed by atoms with Gasteiger partial charge < -0.3 is 10.1 Å². The van der Waals surface area contributed by atoms with E-state index >= 15 is 0 Å². The van der Waals surface area contributed by atoms with Crippen molar-refractivity contribution >= 4 is 33.0 Å². The summed E-state index contributed by atoms with van der Waals surface area (Å²) in [5.41, 5.74) is 0.504. The summed E-state index contributed by atoms with van der Waals surface area (Å²) in [6.07, 6.45) is 2.75. The van der Waals surface area contributed by atoms with E-state index in [0.717, 1.165) is 30.6 Å². The van der Waals surface area contributed by atoms with Gasteiger partial charge in [0.15, 0.2) is 0 Å². The molecule has 1 fully saturated rings. The summed E-state index contributed by atoms with van der Waals surface area (Å²) in [6.45, 7) is 1.01. The zero-order valence-corrected chi connectivity index (χ0v) is 15.5. The van der Waals surface area contributed by atoms with Crippen molar-refractivity contribution in [1.29, 1.82) is 0 Å². The van der Waals surface area contributed by atoms with Gasteiger partial charge >= 0.3 is 0 Å². The predicted molar refractivity (Wildman–Crippen MR) is 97.9 cm³/mol. The van der Waals surface area contributed by atoms with E-state index in [2.05, 4.69) is 5.32 Å². The number of ether oxygens (including phenoxy) is 1. The standard InChI is InChI=1S/C17H20N2O4S2/c1-23-14-8-4-3-7-13(14)18-17(20)16-15(9-12-24-16)25(21,22)19-10-5-2-6-11-19/h3-4,7-9,12H,2,5-6,10-11H2,1H3,(H,18,20). The van der Waals surface area contributed by atoms with Gasteiger partial charge in [0.2, 0.25) is 10.0 Å². The van der Waals surface area contributed by atoms with E-state index in [4.69, 9.17) is 4.74 Å². The van der Waals surface area contributed by atoms with Gasteiger partial charge in [-0.25, -0.2) is 8.42 Å². The molecular weight excluding hydrogens is 360 g/mol. The number of piperidine rings is 1. The van der Waals surface area contributed by atoms with Crippen molar-refractivity contribution in [3.63, 3.8) is 0 Å². The molecule has 2 heterocycles. The number of nitrogens with one attached hydrogen (secondary N) is 1. The lowest BCUT2D eigenvalue weighted by Crippen LogP contribution is -2.36. The fourth-order valence-electron chi connectivity index (χ4n) is 2.84. The molecule has 2 aromatic rings. The van der Waals surface area contributed by atoms with Crippen molar-refractivity contribution in [2.24, 2.45) is 0 Å². The molecule has 0 spiro atoms. The van der Waals surface area contributed by atoms with Crippen LogP contribution in [0.15, 0.2) is 40.6 Å². The van der Waals surface area contributed by atoms with Gasteiger partial charge in [-0.15, -0.1) is 11.3 Å². The summed E-state index contributed by atoms with van der Waals surface area (Å²) in [7, 11) is -2.13. The van der Waals surface area contributed by atoms with E-state index in [1.54, 1.807) is 29.6 Å². The minimum absolute atomic E-state index is 0.0757. The molecule has 8 heteroatoms. The third-order valence-corrected chi connectivity index (χ3v) is 7.11. The third-order valence-electron chi connectivity index (χ3n) is 4.12. The van der Waals surface area contributed by atoms with E-state index in [0.29, 0.717) is 24.5 Å². The molecule has 0 saturated carbocycles.